The van der Waals surface area contributed by atoms with Gasteiger partial charge in [0.25, 0.3) is 0 Å². The van der Waals surface area contributed by atoms with E-state index in [4.69, 9.17) is 14.0 Å². The zero-order valence-corrected chi connectivity index (χ0v) is 14.2. The average Bonchev–Trinajstić information content (AvgIpc) is 3.04. The molecule has 0 saturated carbocycles. The third-order valence-corrected chi connectivity index (χ3v) is 3.89. The van der Waals surface area contributed by atoms with Gasteiger partial charge in [-0.2, -0.15) is 4.98 Å². The van der Waals surface area contributed by atoms with Gasteiger partial charge in [0.2, 0.25) is 11.7 Å². The molecule has 24 heavy (non-hydrogen) atoms. The molecule has 3 rings (SSSR count). The highest BCUT2D eigenvalue weighted by molar-refractivity contribution is 5.63. The number of nitrogens with one attached hydrogen (secondary N) is 1. The summed E-state index contributed by atoms with van der Waals surface area (Å²) in [4.78, 5) is 6.72. The van der Waals surface area contributed by atoms with Crippen LogP contribution in [0.4, 0.5) is 0 Å². The van der Waals surface area contributed by atoms with E-state index < -0.39 is 0 Å². The van der Waals surface area contributed by atoms with E-state index in [0.717, 1.165) is 37.6 Å². The molecule has 7 nitrogen and oxygen atoms in total. The van der Waals surface area contributed by atoms with Crippen LogP contribution in [-0.2, 0) is 11.3 Å². The maximum atomic E-state index is 5.72. The van der Waals surface area contributed by atoms with E-state index in [9.17, 15) is 0 Å². The van der Waals surface area contributed by atoms with Crippen LogP contribution in [0.15, 0.2) is 28.8 Å². The fourth-order valence-electron chi connectivity index (χ4n) is 2.70. The number of hydrogen-bond acceptors (Lipinski definition) is 7. The van der Waals surface area contributed by atoms with Gasteiger partial charge in [0.1, 0.15) is 5.75 Å². The Kier molecular flexibility index (Phi) is 5.79. The minimum Gasteiger partial charge on any atom is -0.493 e. The van der Waals surface area contributed by atoms with Gasteiger partial charge in [-0.3, -0.25) is 0 Å². The van der Waals surface area contributed by atoms with Crippen LogP contribution in [0.2, 0.25) is 0 Å². The minimum absolute atomic E-state index is 0.199. The van der Waals surface area contributed by atoms with Crippen molar-refractivity contribution >= 4 is 0 Å². The summed E-state index contributed by atoms with van der Waals surface area (Å²) in [5.41, 5.74) is 0.839. The number of ether oxygens (including phenoxy) is 2. The van der Waals surface area contributed by atoms with Gasteiger partial charge >= 0.3 is 0 Å². The predicted molar refractivity (Wildman–Crippen MR) is 89.8 cm³/mol. The Hall–Kier alpha value is -1.96. The molecule has 1 aromatic heterocycles. The maximum absolute atomic E-state index is 5.72. The number of morpholine rings is 1. The molecule has 0 radical (unpaired) electrons. The Morgan fingerprint density at radius 2 is 2.25 bits per heavy atom. The van der Waals surface area contributed by atoms with E-state index in [1.807, 2.05) is 31.2 Å². The molecule has 0 aliphatic carbocycles. The highest BCUT2D eigenvalue weighted by Crippen LogP contribution is 2.27. The molecule has 1 unspecified atom stereocenters. The van der Waals surface area contributed by atoms with Gasteiger partial charge < -0.3 is 24.2 Å². The Bertz CT molecular complexity index is 646. The molecular formula is C17H24N4O3. The number of benzene rings is 1. The minimum atomic E-state index is 0.199. The maximum Gasteiger partial charge on any atom is 0.240 e. The molecule has 0 spiro atoms. The number of nitrogens with zero attached hydrogens (tertiary/aromatic N) is 3. The van der Waals surface area contributed by atoms with Gasteiger partial charge in [0.15, 0.2) is 0 Å². The number of aromatic nitrogens is 2. The zero-order chi connectivity index (χ0) is 16.8. The quantitative estimate of drug-likeness (QED) is 0.825. The molecule has 1 aliphatic heterocycles. The van der Waals surface area contributed by atoms with E-state index in [-0.39, 0.29) is 6.10 Å². The first kappa shape index (κ1) is 16.9. The number of rotatable bonds is 7. The van der Waals surface area contributed by atoms with Crippen LogP contribution >= 0.6 is 0 Å². The standard InChI is InChI=1S/C17H24N4O3/c1-3-22-15-7-5-4-6-14(15)17-19-16(24-20-17)11-18-10-13-12-21(2)8-9-23-13/h4-7,13,18H,3,8-12H2,1-2H3. The predicted octanol–water partition coefficient (Wildman–Crippen LogP) is 1.56. The van der Waals surface area contributed by atoms with Crippen molar-refractivity contribution < 1.29 is 14.0 Å². The molecule has 2 aromatic rings. The van der Waals surface area contributed by atoms with E-state index in [1.54, 1.807) is 0 Å². The summed E-state index contributed by atoms with van der Waals surface area (Å²) in [7, 11) is 2.11. The van der Waals surface area contributed by atoms with Crippen molar-refractivity contribution in [1.82, 2.24) is 20.4 Å². The van der Waals surface area contributed by atoms with Gasteiger partial charge in [-0.1, -0.05) is 17.3 Å². The third kappa shape index (κ3) is 4.31. The Balaban J connectivity index is 1.56. The summed E-state index contributed by atoms with van der Waals surface area (Å²) in [6.07, 6.45) is 0.199. The fraction of sp³-hybridized carbons (Fsp3) is 0.529. The SMILES string of the molecule is CCOc1ccccc1-c1noc(CNCC2CN(C)CCO2)n1. The number of likely N-dealkylation sites (N-methyl/N-ethyl adjacent to an activating group) is 1. The van der Waals surface area contributed by atoms with Crippen molar-refractivity contribution in [3.8, 4) is 17.1 Å². The average molecular weight is 332 g/mol. The topological polar surface area (TPSA) is 72.7 Å². The zero-order valence-electron chi connectivity index (χ0n) is 14.2. The molecule has 0 bridgehead atoms. The Labute approximate surface area is 141 Å². The fourth-order valence-corrected chi connectivity index (χ4v) is 2.70. The second-order valence-electron chi connectivity index (χ2n) is 5.83. The van der Waals surface area contributed by atoms with Gasteiger partial charge in [0, 0.05) is 19.6 Å². The summed E-state index contributed by atoms with van der Waals surface area (Å²) in [6, 6.07) is 7.70. The molecule has 7 heteroatoms. The van der Waals surface area contributed by atoms with Crippen LogP contribution in [-0.4, -0.2) is 61.0 Å². The van der Waals surface area contributed by atoms with Crippen molar-refractivity contribution in [2.24, 2.45) is 0 Å². The lowest BCUT2D eigenvalue weighted by molar-refractivity contribution is -0.0184. The first-order chi connectivity index (χ1) is 11.8. The van der Waals surface area contributed by atoms with Crippen LogP contribution in [0.1, 0.15) is 12.8 Å². The van der Waals surface area contributed by atoms with Crippen LogP contribution in [0.25, 0.3) is 11.4 Å². The van der Waals surface area contributed by atoms with Crippen molar-refractivity contribution in [2.45, 2.75) is 19.6 Å². The third-order valence-electron chi connectivity index (χ3n) is 3.89. The summed E-state index contributed by atoms with van der Waals surface area (Å²) >= 11 is 0. The summed E-state index contributed by atoms with van der Waals surface area (Å²) in [5.74, 6) is 1.86. The van der Waals surface area contributed by atoms with Crippen LogP contribution < -0.4 is 10.1 Å². The second kappa shape index (κ2) is 8.23. The van der Waals surface area contributed by atoms with Crippen LogP contribution in [0.5, 0.6) is 5.75 Å². The molecule has 1 aromatic carbocycles. The highest BCUT2D eigenvalue weighted by atomic mass is 16.5. The number of para-hydroxylation sites is 1. The van der Waals surface area contributed by atoms with Crippen LogP contribution in [0.3, 0.4) is 0 Å². The molecule has 1 saturated heterocycles. The van der Waals surface area contributed by atoms with E-state index >= 15 is 0 Å². The first-order valence-corrected chi connectivity index (χ1v) is 8.32. The van der Waals surface area contributed by atoms with E-state index in [2.05, 4.69) is 27.4 Å². The summed E-state index contributed by atoms with van der Waals surface area (Å²) in [6.45, 7) is 6.53. The lowest BCUT2D eigenvalue weighted by Gasteiger charge is -2.30. The molecule has 1 fully saturated rings. The molecule has 1 N–H and O–H groups in total. The van der Waals surface area contributed by atoms with Crippen molar-refractivity contribution in [1.29, 1.82) is 0 Å². The molecular weight excluding hydrogens is 308 g/mol. The number of hydrogen-bond donors (Lipinski definition) is 1. The molecule has 1 atom stereocenters. The van der Waals surface area contributed by atoms with Crippen molar-refractivity contribution in [3.05, 3.63) is 30.2 Å². The van der Waals surface area contributed by atoms with Gasteiger partial charge in [-0.05, 0) is 26.1 Å². The lowest BCUT2D eigenvalue weighted by atomic mass is 10.2. The molecule has 130 valence electrons. The van der Waals surface area contributed by atoms with Gasteiger partial charge in [-0.15, -0.1) is 0 Å². The Morgan fingerprint density at radius 3 is 3.08 bits per heavy atom. The van der Waals surface area contributed by atoms with E-state index in [0.29, 0.717) is 24.9 Å². The van der Waals surface area contributed by atoms with Crippen molar-refractivity contribution in [3.63, 3.8) is 0 Å². The van der Waals surface area contributed by atoms with Gasteiger partial charge in [-0.25, -0.2) is 0 Å². The van der Waals surface area contributed by atoms with Gasteiger partial charge in [0.05, 0.1) is 31.4 Å². The highest BCUT2D eigenvalue weighted by Gasteiger charge is 2.18. The summed E-state index contributed by atoms with van der Waals surface area (Å²) < 4.78 is 16.7. The lowest BCUT2D eigenvalue weighted by Crippen LogP contribution is -2.44. The molecule has 2 heterocycles. The Morgan fingerprint density at radius 1 is 1.38 bits per heavy atom. The second-order valence-corrected chi connectivity index (χ2v) is 5.83. The summed E-state index contributed by atoms with van der Waals surface area (Å²) in [5, 5.41) is 7.38. The largest absolute Gasteiger partial charge is 0.493 e. The van der Waals surface area contributed by atoms with Crippen molar-refractivity contribution in [2.75, 3.05) is 39.9 Å². The monoisotopic (exact) mass is 332 g/mol. The first-order valence-electron chi connectivity index (χ1n) is 8.32. The van der Waals surface area contributed by atoms with Crippen LogP contribution in [0, 0.1) is 0 Å². The van der Waals surface area contributed by atoms with E-state index in [1.165, 1.54) is 0 Å². The molecule has 1 aliphatic rings. The normalized spacial score (nSPS) is 18.7. The smallest absolute Gasteiger partial charge is 0.240 e. The molecule has 0 amide bonds.